The molecule has 1 unspecified atom stereocenters. The van der Waals surface area contributed by atoms with Crippen molar-refractivity contribution in [2.45, 2.75) is 19.3 Å². The molecule has 0 spiro atoms. The van der Waals surface area contributed by atoms with Crippen molar-refractivity contribution in [3.8, 4) is 0 Å². The molecule has 122 valence electrons. The van der Waals surface area contributed by atoms with Gasteiger partial charge in [0, 0.05) is 33.4 Å². The maximum absolute atomic E-state index is 12.2. The van der Waals surface area contributed by atoms with Gasteiger partial charge in [-0.05, 0) is 18.9 Å². The van der Waals surface area contributed by atoms with E-state index in [9.17, 15) is 13.6 Å². The van der Waals surface area contributed by atoms with E-state index in [-0.39, 0.29) is 11.8 Å². The molecule has 1 N–H and O–H groups in total. The van der Waals surface area contributed by atoms with Gasteiger partial charge >= 0.3 is 0 Å². The average molecular weight is 313 g/mol. The molecule has 1 atom stereocenters. The van der Waals surface area contributed by atoms with Gasteiger partial charge in [0.1, 0.15) is 5.82 Å². The van der Waals surface area contributed by atoms with Crippen LogP contribution in [0.15, 0.2) is 12.3 Å². The number of alkyl halides is 2. The Balaban J connectivity index is 2.01. The fraction of sp³-hybridized carbons (Fsp3) is 0.643. The largest absolute Gasteiger partial charge is 0.363 e. The monoisotopic (exact) mass is 313 g/mol. The molecule has 1 aromatic rings. The minimum Gasteiger partial charge on any atom is -0.363 e. The van der Waals surface area contributed by atoms with Crippen LogP contribution < -0.4 is 15.1 Å². The number of rotatable bonds is 5. The number of amides is 1. The maximum atomic E-state index is 12.2. The summed E-state index contributed by atoms with van der Waals surface area (Å²) in [7, 11) is 3.78. The highest BCUT2D eigenvalue weighted by Crippen LogP contribution is 2.21. The molecule has 0 aromatic carbocycles. The maximum Gasteiger partial charge on any atom is 0.255 e. The lowest BCUT2D eigenvalue weighted by molar-refractivity contribution is -0.125. The number of anilines is 2. The van der Waals surface area contributed by atoms with Gasteiger partial charge in [0.15, 0.2) is 0 Å². The minimum absolute atomic E-state index is 0.306. The number of halogens is 2. The Morgan fingerprint density at radius 3 is 3.00 bits per heavy atom. The molecule has 1 amide bonds. The third-order valence-corrected chi connectivity index (χ3v) is 3.59. The van der Waals surface area contributed by atoms with E-state index in [1.54, 1.807) is 12.3 Å². The first-order chi connectivity index (χ1) is 10.5. The van der Waals surface area contributed by atoms with Crippen LogP contribution in [0.3, 0.4) is 0 Å². The lowest BCUT2D eigenvalue weighted by Gasteiger charge is -2.32. The summed E-state index contributed by atoms with van der Waals surface area (Å²) < 4.78 is 24.3. The van der Waals surface area contributed by atoms with E-state index in [4.69, 9.17) is 0 Å². The van der Waals surface area contributed by atoms with Gasteiger partial charge < -0.3 is 15.1 Å². The summed E-state index contributed by atoms with van der Waals surface area (Å²) in [5.74, 6) is 0.722. The fourth-order valence-corrected chi connectivity index (χ4v) is 2.44. The highest BCUT2D eigenvalue weighted by atomic mass is 19.3. The highest BCUT2D eigenvalue weighted by Gasteiger charge is 2.27. The second-order valence-electron chi connectivity index (χ2n) is 5.53. The molecule has 2 rings (SSSR count). The Morgan fingerprint density at radius 2 is 2.32 bits per heavy atom. The van der Waals surface area contributed by atoms with Gasteiger partial charge in [-0.15, -0.1) is 0 Å². The number of hydrogen-bond donors (Lipinski definition) is 1. The van der Waals surface area contributed by atoms with Gasteiger partial charge in [-0.25, -0.2) is 13.8 Å². The second-order valence-corrected chi connectivity index (χ2v) is 5.53. The number of carbonyl (C=O) groups excluding carboxylic acids is 1. The predicted octanol–water partition coefficient (Wildman–Crippen LogP) is 1.14. The number of hydrogen-bond acceptors (Lipinski definition) is 5. The van der Waals surface area contributed by atoms with Gasteiger partial charge in [0.2, 0.25) is 11.9 Å². The van der Waals surface area contributed by atoms with Gasteiger partial charge in [-0.3, -0.25) is 4.79 Å². The predicted molar refractivity (Wildman–Crippen MR) is 80.3 cm³/mol. The van der Waals surface area contributed by atoms with Gasteiger partial charge in [0.05, 0.1) is 12.5 Å². The molecule has 22 heavy (non-hydrogen) atoms. The smallest absolute Gasteiger partial charge is 0.255 e. The van der Waals surface area contributed by atoms with Crippen LogP contribution in [-0.2, 0) is 4.79 Å². The van der Waals surface area contributed by atoms with E-state index in [0.717, 1.165) is 18.8 Å². The second kappa shape index (κ2) is 7.33. The van der Waals surface area contributed by atoms with E-state index in [1.807, 2.05) is 23.9 Å². The van der Waals surface area contributed by atoms with Crippen LogP contribution in [0.1, 0.15) is 12.8 Å². The van der Waals surface area contributed by atoms with Crippen molar-refractivity contribution < 1.29 is 13.6 Å². The molecule has 8 heteroatoms. The molecule has 0 bridgehead atoms. The molecule has 1 aliphatic rings. The third kappa shape index (κ3) is 4.25. The molecule has 0 saturated carbocycles. The van der Waals surface area contributed by atoms with Crippen LogP contribution >= 0.6 is 0 Å². The van der Waals surface area contributed by atoms with E-state index in [0.29, 0.717) is 18.9 Å². The van der Waals surface area contributed by atoms with Crippen molar-refractivity contribution in [3.63, 3.8) is 0 Å². The Morgan fingerprint density at radius 1 is 1.55 bits per heavy atom. The number of aromatic nitrogens is 2. The standard InChI is InChI=1S/C14H21F2N5O/c1-20(2)12-5-6-17-14(19-12)21-7-3-4-10(9-21)13(22)18-8-11(15)16/h5-6,10-11H,3-4,7-9H2,1-2H3,(H,18,22). The zero-order valence-corrected chi connectivity index (χ0v) is 12.8. The topological polar surface area (TPSA) is 61.4 Å². The first kappa shape index (κ1) is 16.4. The molecule has 0 radical (unpaired) electrons. The van der Waals surface area contributed by atoms with Crippen molar-refractivity contribution in [3.05, 3.63) is 12.3 Å². The van der Waals surface area contributed by atoms with Crippen molar-refractivity contribution in [2.24, 2.45) is 5.92 Å². The first-order valence-corrected chi connectivity index (χ1v) is 7.28. The minimum atomic E-state index is -2.52. The normalized spacial score (nSPS) is 18.4. The zero-order chi connectivity index (χ0) is 16.1. The summed E-state index contributed by atoms with van der Waals surface area (Å²) in [5, 5.41) is 2.29. The van der Waals surface area contributed by atoms with E-state index >= 15 is 0 Å². The SMILES string of the molecule is CN(C)c1ccnc(N2CCCC(C(=O)NCC(F)F)C2)n1. The Hall–Kier alpha value is -1.99. The van der Waals surface area contributed by atoms with Crippen molar-refractivity contribution in [2.75, 3.05) is 43.5 Å². The van der Waals surface area contributed by atoms with Crippen molar-refractivity contribution >= 4 is 17.7 Å². The summed E-state index contributed by atoms with van der Waals surface area (Å²) in [4.78, 5) is 24.4. The Bertz CT molecular complexity index is 512. The molecular formula is C14H21F2N5O. The van der Waals surface area contributed by atoms with Crippen LogP contribution in [0.5, 0.6) is 0 Å². The van der Waals surface area contributed by atoms with E-state index in [2.05, 4.69) is 15.3 Å². The molecule has 6 nitrogen and oxygen atoms in total. The molecule has 1 aromatic heterocycles. The van der Waals surface area contributed by atoms with E-state index < -0.39 is 13.0 Å². The zero-order valence-electron chi connectivity index (χ0n) is 12.8. The van der Waals surface area contributed by atoms with Crippen LogP contribution in [0.2, 0.25) is 0 Å². The van der Waals surface area contributed by atoms with Crippen molar-refractivity contribution in [1.82, 2.24) is 15.3 Å². The molecule has 2 heterocycles. The molecular weight excluding hydrogens is 292 g/mol. The lowest BCUT2D eigenvalue weighted by atomic mass is 9.97. The number of piperidine rings is 1. The number of nitrogens with one attached hydrogen (secondary N) is 1. The summed E-state index contributed by atoms with van der Waals surface area (Å²) in [5.41, 5.74) is 0. The molecule has 1 aliphatic heterocycles. The fourth-order valence-electron chi connectivity index (χ4n) is 2.44. The van der Waals surface area contributed by atoms with Gasteiger partial charge in [0.25, 0.3) is 6.43 Å². The molecule has 1 saturated heterocycles. The van der Waals surface area contributed by atoms with Crippen LogP contribution in [0, 0.1) is 5.92 Å². The Labute approximate surface area is 128 Å². The van der Waals surface area contributed by atoms with Crippen LogP contribution in [0.4, 0.5) is 20.5 Å². The quantitative estimate of drug-likeness (QED) is 0.883. The average Bonchev–Trinajstić information content (AvgIpc) is 2.52. The third-order valence-electron chi connectivity index (χ3n) is 3.59. The summed E-state index contributed by atoms with van der Waals surface area (Å²) in [6.45, 7) is 0.614. The summed E-state index contributed by atoms with van der Waals surface area (Å²) in [6, 6.07) is 1.81. The van der Waals surface area contributed by atoms with Gasteiger partial charge in [-0.1, -0.05) is 0 Å². The number of carbonyl (C=O) groups is 1. The van der Waals surface area contributed by atoms with Gasteiger partial charge in [-0.2, -0.15) is 4.98 Å². The lowest BCUT2D eigenvalue weighted by Crippen LogP contribution is -2.44. The van der Waals surface area contributed by atoms with Crippen molar-refractivity contribution in [1.29, 1.82) is 0 Å². The molecule has 1 fully saturated rings. The Kier molecular flexibility index (Phi) is 5.46. The first-order valence-electron chi connectivity index (χ1n) is 7.28. The van der Waals surface area contributed by atoms with E-state index in [1.165, 1.54) is 0 Å². The number of nitrogens with zero attached hydrogens (tertiary/aromatic N) is 4. The van der Waals surface area contributed by atoms with Crippen LogP contribution in [-0.4, -0.2) is 56.0 Å². The van der Waals surface area contributed by atoms with Crippen LogP contribution in [0.25, 0.3) is 0 Å². The summed E-state index contributed by atoms with van der Waals surface area (Å²) >= 11 is 0. The summed E-state index contributed by atoms with van der Waals surface area (Å²) in [6.07, 6.45) is 0.656. The molecule has 0 aliphatic carbocycles. The highest BCUT2D eigenvalue weighted by molar-refractivity contribution is 5.79.